The van der Waals surface area contributed by atoms with Gasteiger partial charge in [-0.3, -0.25) is 5.32 Å². The second kappa shape index (κ2) is 6.34. The lowest BCUT2D eigenvalue weighted by Crippen LogP contribution is -2.34. The van der Waals surface area contributed by atoms with Gasteiger partial charge in [0, 0.05) is 6.04 Å². The maximum atomic E-state index is 11.7. The van der Waals surface area contributed by atoms with Crippen molar-refractivity contribution in [2.75, 3.05) is 11.9 Å². The molecule has 6 nitrogen and oxygen atoms in total. The van der Waals surface area contributed by atoms with Gasteiger partial charge in [0.05, 0.1) is 12.3 Å². The number of nitrogens with one attached hydrogen (secondary N) is 2. The molecule has 0 aliphatic heterocycles. The molecule has 0 aliphatic rings. The molecule has 1 heterocycles. The number of esters is 1. The fraction of sp³-hybridized carbons (Fsp3) is 0.545. The Morgan fingerprint density at radius 3 is 2.67 bits per heavy atom. The van der Waals surface area contributed by atoms with Crippen molar-refractivity contribution in [2.45, 2.75) is 33.7 Å². The molecule has 0 spiro atoms. The van der Waals surface area contributed by atoms with Gasteiger partial charge in [0.25, 0.3) is 0 Å². The number of carbonyl (C=O) groups is 2. The molecule has 2 amide bonds. The number of rotatable bonds is 4. The van der Waals surface area contributed by atoms with Gasteiger partial charge in [-0.15, -0.1) is 0 Å². The van der Waals surface area contributed by atoms with E-state index in [0.29, 0.717) is 16.3 Å². The number of hydrogen-bond acceptors (Lipinski definition) is 5. The first-order valence-corrected chi connectivity index (χ1v) is 6.44. The van der Waals surface area contributed by atoms with E-state index in [9.17, 15) is 9.59 Å². The molecular weight excluding hydrogens is 254 g/mol. The number of urea groups is 1. The number of anilines is 1. The highest BCUT2D eigenvalue weighted by molar-refractivity contribution is 7.11. The highest BCUT2D eigenvalue weighted by Gasteiger charge is 2.21. The average Bonchev–Trinajstić information content (AvgIpc) is 2.58. The van der Waals surface area contributed by atoms with Gasteiger partial charge in [-0.05, 0) is 39.2 Å². The van der Waals surface area contributed by atoms with Crippen molar-refractivity contribution in [3.8, 4) is 0 Å². The summed E-state index contributed by atoms with van der Waals surface area (Å²) in [4.78, 5) is 23.3. The summed E-state index contributed by atoms with van der Waals surface area (Å²) in [6, 6.07) is -0.343. The molecule has 7 heteroatoms. The molecule has 0 fully saturated rings. The van der Waals surface area contributed by atoms with Crippen molar-refractivity contribution in [3.05, 3.63) is 11.3 Å². The zero-order chi connectivity index (χ0) is 13.7. The van der Waals surface area contributed by atoms with Crippen molar-refractivity contribution in [1.82, 2.24) is 9.69 Å². The molecule has 1 aromatic rings. The molecule has 0 unspecified atom stereocenters. The van der Waals surface area contributed by atoms with Crippen molar-refractivity contribution in [3.63, 3.8) is 0 Å². The summed E-state index contributed by atoms with van der Waals surface area (Å²) in [6.45, 7) is 7.42. The van der Waals surface area contributed by atoms with Gasteiger partial charge in [-0.2, -0.15) is 4.37 Å². The van der Waals surface area contributed by atoms with E-state index in [0.717, 1.165) is 11.5 Å². The van der Waals surface area contributed by atoms with Gasteiger partial charge < -0.3 is 10.1 Å². The minimum atomic E-state index is -0.469. The van der Waals surface area contributed by atoms with E-state index < -0.39 is 5.97 Å². The molecule has 0 aliphatic carbocycles. The number of ether oxygens (including phenoxy) is 1. The predicted molar refractivity (Wildman–Crippen MR) is 70.1 cm³/mol. The number of amides is 2. The van der Waals surface area contributed by atoms with E-state index in [-0.39, 0.29) is 18.7 Å². The molecule has 0 radical (unpaired) electrons. The van der Waals surface area contributed by atoms with E-state index >= 15 is 0 Å². The number of nitrogens with zero attached hydrogens (tertiary/aromatic N) is 1. The van der Waals surface area contributed by atoms with Crippen LogP contribution in [0.15, 0.2) is 0 Å². The summed E-state index contributed by atoms with van der Waals surface area (Å²) in [7, 11) is 0. The SMILES string of the molecule is CCOC(=O)c1c(C)nsc1NC(=O)NC(C)C. The Morgan fingerprint density at radius 2 is 2.11 bits per heavy atom. The van der Waals surface area contributed by atoms with E-state index in [4.69, 9.17) is 4.74 Å². The normalized spacial score (nSPS) is 10.3. The molecule has 1 rings (SSSR count). The molecule has 0 aromatic carbocycles. The lowest BCUT2D eigenvalue weighted by Gasteiger charge is -2.09. The van der Waals surface area contributed by atoms with Gasteiger partial charge in [-0.25, -0.2) is 9.59 Å². The lowest BCUT2D eigenvalue weighted by molar-refractivity contribution is 0.0527. The van der Waals surface area contributed by atoms with E-state index in [1.54, 1.807) is 13.8 Å². The first-order valence-electron chi connectivity index (χ1n) is 5.66. The standard InChI is InChI=1S/C11H17N3O3S/c1-5-17-10(15)8-7(4)14-18-9(8)13-11(16)12-6(2)3/h6H,5H2,1-4H3,(H2,12,13,16). The van der Waals surface area contributed by atoms with Crippen LogP contribution in [-0.4, -0.2) is 29.0 Å². The zero-order valence-corrected chi connectivity index (χ0v) is 11.7. The molecule has 100 valence electrons. The van der Waals surface area contributed by atoms with Crippen molar-refractivity contribution < 1.29 is 14.3 Å². The minimum Gasteiger partial charge on any atom is -0.462 e. The van der Waals surface area contributed by atoms with Crippen molar-refractivity contribution in [2.24, 2.45) is 0 Å². The molecular formula is C11H17N3O3S. The molecule has 0 saturated carbocycles. The molecule has 0 saturated heterocycles. The van der Waals surface area contributed by atoms with Crippen molar-refractivity contribution in [1.29, 1.82) is 0 Å². The predicted octanol–water partition coefficient (Wildman–Crippen LogP) is 2.16. The highest BCUT2D eigenvalue weighted by Crippen LogP contribution is 2.25. The van der Waals surface area contributed by atoms with Crippen LogP contribution in [0.4, 0.5) is 9.80 Å². The summed E-state index contributed by atoms with van der Waals surface area (Å²) >= 11 is 1.06. The zero-order valence-electron chi connectivity index (χ0n) is 10.9. The quantitative estimate of drug-likeness (QED) is 0.822. The second-order valence-electron chi connectivity index (χ2n) is 3.95. The van der Waals surface area contributed by atoms with Crippen molar-refractivity contribution >= 4 is 28.5 Å². The third-order valence-corrected chi connectivity index (χ3v) is 2.84. The monoisotopic (exact) mass is 271 g/mol. The van der Waals surface area contributed by atoms with Gasteiger partial charge in [0.15, 0.2) is 0 Å². The van der Waals surface area contributed by atoms with E-state index in [1.807, 2.05) is 13.8 Å². The second-order valence-corrected chi connectivity index (χ2v) is 4.72. The first kappa shape index (κ1) is 14.4. The Hall–Kier alpha value is -1.63. The Bertz CT molecular complexity index is 443. The minimum absolute atomic E-state index is 0.0186. The number of aryl methyl sites for hydroxylation is 1. The Kier molecular flexibility index (Phi) is 5.08. The van der Waals surface area contributed by atoms with Gasteiger partial charge in [0.1, 0.15) is 10.6 Å². The Labute approximate surface area is 110 Å². The van der Waals surface area contributed by atoms with Crippen LogP contribution in [0.25, 0.3) is 0 Å². The lowest BCUT2D eigenvalue weighted by atomic mass is 10.2. The molecule has 18 heavy (non-hydrogen) atoms. The highest BCUT2D eigenvalue weighted by atomic mass is 32.1. The molecule has 1 aromatic heterocycles. The van der Waals surface area contributed by atoms with Crippen LogP contribution < -0.4 is 10.6 Å². The van der Waals surface area contributed by atoms with E-state index in [2.05, 4.69) is 15.0 Å². The number of carbonyl (C=O) groups excluding carboxylic acids is 2. The van der Waals surface area contributed by atoms with E-state index in [1.165, 1.54) is 0 Å². The fourth-order valence-corrected chi connectivity index (χ4v) is 2.08. The van der Waals surface area contributed by atoms with Gasteiger partial charge in [0.2, 0.25) is 0 Å². The third-order valence-electron chi connectivity index (χ3n) is 1.99. The molecule has 2 N–H and O–H groups in total. The fourth-order valence-electron chi connectivity index (χ4n) is 1.30. The van der Waals surface area contributed by atoms with Crippen LogP contribution in [0.1, 0.15) is 36.8 Å². The molecule has 0 bridgehead atoms. The first-order chi connectivity index (χ1) is 8.45. The smallest absolute Gasteiger partial charge is 0.343 e. The molecule has 0 atom stereocenters. The third kappa shape index (κ3) is 3.69. The maximum Gasteiger partial charge on any atom is 0.343 e. The topological polar surface area (TPSA) is 80.3 Å². The largest absolute Gasteiger partial charge is 0.462 e. The average molecular weight is 271 g/mol. The summed E-state index contributed by atoms with van der Waals surface area (Å²) in [5.41, 5.74) is 0.874. The van der Waals surface area contributed by atoms with Crippen LogP contribution in [0.3, 0.4) is 0 Å². The van der Waals surface area contributed by atoms with Gasteiger partial charge in [-0.1, -0.05) is 0 Å². The van der Waals surface area contributed by atoms with Crippen LogP contribution >= 0.6 is 11.5 Å². The summed E-state index contributed by atoms with van der Waals surface area (Å²) in [5.74, 6) is -0.469. The Morgan fingerprint density at radius 1 is 1.44 bits per heavy atom. The maximum absolute atomic E-state index is 11.7. The number of aromatic nitrogens is 1. The summed E-state index contributed by atoms with van der Waals surface area (Å²) in [6.07, 6.45) is 0. The van der Waals surface area contributed by atoms with Crippen LogP contribution in [0, 0.1) is 6.92 Å². The number of hydrogen-bond donors (Lipinski definition) is 2. The summed E-state index contributed by atoms with van der Waals surface area (Å²) < 4.78 is 8.98. The van der Waals surface area contributed by atoms with Crippen LogP contribution in [0.5, 0.6) is 0 Å². The Balaban J connectivity index is 2.83. The van der Waals surface area contributed by atoms with Crippen LogP contribution in [0.2, 0.25) is 0 Å². The summed E-state index contributed by atoms with van der Waals surface area (Å²) in [5, 5.41) is 5.69. The van der Waals surface area contributed by atoms with Crippen LogP contribution in [-0.2, 0) is 4.74 Å². The van der Waals surface area contributed by atoms with Gasteiger partial charge >= 0.3 is 12.0 Å².